The number of nitrogens with two attached hydrogens (primary N) is 1. The highest BCUT2D eigenvalue weighted by Crippen LogP contribution is 2.43. The van der Waals surface area contributed by atoms with Crippen LogP contribution in [-0.4, -0.2) is 49.3 Å². The van der Waals surface area contributed by atoms with Crippen LogP contribution in [0.1, 0.15) is 271 Å². The van der Waals surface area contributed by atoms with Gasteiger partial charge in [0.15, 0.2) is 6.10 Å². The summed E-state index contributed by atoms with van der Waals surface area (Å²) in [5.41, 5.74) is 5.40. The lowest BCUT2D eigenvalue weighted by molar-refractivity contribution is -0.161. The quantitative estimate of drug-likeness (QED) is 0.0264. The molecule has 0 rings (SSSR count). The lowest BCUT2D eigenvalue weighted by atomic mass is 10.0. The molecule has 0 spiro atoms. The number of ether oxygens (including phenoxy) is 2. The molecule has 0 fully saturated rings. The fourth-order valence-electron chi connectivity index (χ4n) is 9.35. The van der Waals surface area contributed by atoms with Crippen molar-refractivity contribution in [1.29, 1.82) is 0 Å². The van der Waals surface area contributed by atoms with Crippen molar-refractivity contribution >= 4 is 19.8 Å². The van der Waals surface area contributed by atoms with Crippen LogP contribution in [0.4, 0.5) is 0 Å². The first-order chi connectivity index (χ1) is 45.8. The average Bonchev–Trinajstić information content (AvgIpc) is 3.49. The van der Waals surface area contributed by atoms with Crippen LogP contribution in [0.25, 0.3) is 0 Å². The van der Waals surface area contributed by atoms with E-state index in [1.54, 1.807) is 0 Å². The van der Waals surface area contributed by atoms with E-state index in [0.29, 0.717) is 6.42 Å². The third-order valence-electron chi connectivity index (χ3n) is 14.7. The predicted molar refractivity (Wildman–Crippen MR) is 403 cm³/mol. The van der Waals surface area contributed by atoms with Crippen molar-refractivity contribution in [3.05, 3.63) is 207 Å². The molecule has 0 saturated heterocycles. The monoisotopic (exact) mass is 1300 g/mol. The van der Waals surface area contributed by atoms with Crippen molar-refractivity contribution in [2.24, 2.45) is 5.73 Å². The minimum absolute atomic E-state index is 0.0390. The Hall–Kier alpha value is -5.41. The summed E-state index contributed by atoms with van der Waals surface area (Å²) in [6, 6.07) is 0. The number of carbonyl (C=O) groups is 2. The highest BCUT2D eigenvalue weighted by Gasteiger charge is 2.26. The molecule has 522 valence electrons. The van der Waals surface area contributed by atoms with Gasteiger partial charge < -0.3 is 20.1 Å². The topological polar surface area (TPSA) is 134 Å². The Labute approximate surface area is 569 Å². The molecule has 0 amide bonds. The number of hydrogen-bond acceptors (Lipinski definition) is 8. The van der Waals surface area contributed by atoms with Crippen molar-refractivity contribution in [3.8, 4) is 0 Å². The van der Waals surface area contributed by atoms with Gasteiger partial charge in [-0.15, -0.1) is 0 Å². The minimum Gasteiger partial charge on any atom is -0.462 e. The number of phosphoric acid groups is 1. The molecule has 2 unspecified atom stereocenters. The second-order valence-electron chi connectivity index (χ2n) is 23.3. The molecule has 10 heteroatoms. The summed E-state index contributed by atoms with van der Waals surface area (Å²) < 4.78 is 33.2. The van der Waals surface area contributed by atoms with Gasteiger partial charge in [-0.25, -0.2) is 4.57 Å². The number of carbonyl (C=O) groups excluding carboxylic acids is 2. The molecule has 0 bridgehead atoms. The van der Waals surface area contributed by atoms with E-state index in [2.05, 4.69) is 220 Å². The number of hydrogen-bond donors (Lipinski definition) is 2. The maximum atomic E-state index is 12.8. The average molecular weight is 1300 g/mol. The first-order valence-corrected chi connectivity index (χ1v) is 38.1. The van der Waals surface area contributed by atoms with Gasteiger partial charge in [0.1, 0.15) is 6.61 Å². The van der Waals surface area contributed by atoms with Gasteiger partial charge in [0.05, 0.1) is 13.2 Å². The zero-order chi connectivity index (χ0) is 67.2. The molecule has 0 radical (unpaired) electrons. The van der Waals surface area contributed by atoms with Gasteiger partial charge in [0.2, 0.25) is 0 Å². The largest absolute Gasteiger partial charge is 0.472 e. The third-order valence-corrected chi connectivity index (χ3v) is 15.6. The molecule has 9 nitrogen and oxygen atoms in total. The molecule has 93 heavy (non-hydrogen) atoms. The van der Waals surface area contributed by atoms with E-state index >= 15 is 0 Å². The number of unbranched alkanes of at least 4 members (excludes halogenated alkanes) is 19. The second-order valence-corrected chi connectivity index (χ2v) is 24.8. The van der Waals surface area contributed by atoms with E-state index in [1.165, 1.54) is 77.0 Å². The zero-order valence-corrected chi connectivity index (χ0v) is 59.5. The van der Waals surface area contributed by atoms with Crippen LogP contribution >= 0.6 is 7.82 Å². The Morgan fingerprint density at radius 1 is 0.323 bits per heavy atom. The van der Waals surface area contributed by atoms with Crippen molar-refractivity contribution in [3.63, 3.8) is 0 Å². The Kier molecular flexibility index (Phi) is 71.2. The van der Waals surface area contributed by atoms with Crippen LogP contribution in [0.2, 0.25) is 0 Å². The summed E-state index contributed by atoms with van der Waals surface area (Å²) in [5.74, 6) is -0.867. The Morgan fingerprint density at radius 3 is 0.828 bits per heavy atom. The van der Waals surface area contributed by atoms with Gasteiger partial charge in [0.25, 0.3) is 0 Å². The van der Waals surface area contributed by atoms with Gasteiger partial charge in [-0.1, -0.05) is 317 Å². The number of allylic oxidation sites excluding steroid dienone is 34. The molecule has 0 aromatic carbocycles. The molecular formula is C83H132NO8P. The minimum atomic E-state index is -4.42. The summed E-state index contributed by atoms with van der Waals surface area (Å²) in [5, 5.41) is 0. The van der Waals surface area contributed by atoms with E-state index in [0.717, 1.165) is 161 Å². The first kappa shape index (κ1) is 87.6. The standard InChI is InChI=1S/C83H132NO8P/c1-3-5-7-9-11-13-15-17-19-21-23-25-27-29-31-33-35-36-37-38-39-40-41-42-43-44-46-48-50-52-54-56-58-60-62-64-66-68-70-72-74-76-83(86)92-81(80-91-93(87,88)90-78-77-84)79-89-82(85)75-73-71-69-67-65-63-61-59-57-55-53-51-49-47-45-34-32-30-28-26-24-22-20-18-16-14-12-10-8-6-4-2/h5-8,11-14,17-20,23-26,29-32,35-36,38-39,41-42,44,46,50,52,56,58,62,64,81H,3-4,9-10,15-16,21-22,27-28,33-34,37,40,43,45,47-49,51,53-55,57,59-61,63,65-80,84H2,1-2H3,(H,87,88)/b7-5-,8-6-,13-11-,14-12-,19-17-,20-18-,25-23-,26-24-,31-29-,32-30-,36-35-,39-38-,42-41-,46-44-,52-50-,58-56-,64-62-. The number of esters is 2. The lowest BCUT2D eigenvalue weighted by Crippen LogP contribution is -2.29. The Balaban J connectivity index is 4.01. The Bertz CT molecular complexity index is 2280. The van der Waals surface area contributed by atoms with E-state index in [4.69, 9.17) is 24.3 Å². The lowest BCUT2D eigenvalue weighted by Gasteiger charge is -2.19. The summed E-state index contributed by atoms with van der Waals surface area (Å²) in [6.45, 7) is 3.48. The summed E-state index contributed by atoms with van der Waals surface area (Å²) >= 11 is 0. The van der Waals surface area contributed by atoms with Crippen LogP contribution in [0.3, 0.4) is 0 Å². The van der Waals surface area contributed by atoms with E-state index in [-0.39, 0.29) is 32.6 Å². The molecule has 0 aromatic heterocycles. The van der Waals surface area contributed by atoms with Crippen molar-refractivity contribution in [2.45, 2.75) is 277 Å². The fraction of sp³-hybridized carbons (Fsp3) is 0.566. The van der Waals surface area contributed by atoms with E-state index in [1.807, 2.05) is 0 Å². The third kappa shape index (κ3) is 75.5. The zero-order valence-electron chi connectivity index (χ0n) is 58.6. The van der Waals surface area contributed by atoms with Crippen LogP contribution in [0.15, 0.2) is 207 Å². The SMILES string of the molecule is CC/C=C\C/C=C\C/C=C\C/C=C\C/C=C\C/C=C\C/C=C\C/C=C\C/C=C\C/C=C\C/C=C\C/C=C\CCCCCCC(=O)OC(COC(=O)CCCCCCCCCCCCCCCCC/C=C\C/C=C\C/C=C\C/C=C\C/C=C\CC)COP(=O)(O)OCCN. The summed E-state index contributed by atoms with van der Waals surface area (Å²) in [7, 11) is -4.42. The molecule has 2 atom stereocenters. The Morgan fingerprint density at radius 2 is 0.559 bits per heavy atom. The molecule has 0 aliphatic rings. The number of rotatable bonds is 66. The second kappa shape index (κ2) is 75.6. The van der Waals surface area contributed by atoms with Gasteiger partial charge in [-0.3, -0.25) is 18.6 Å². The molecule has 0 aliphatic carbocycles. The van der Waals surface area contributed by atoms with Gasteiger partial charge in [-0.2, -0.15) is 0 Å². The summed E-state index contributed by atoms with van der Waals surface area (Å²) in [4.78, 5) is 35.4. The van der Waals surface area contributed by atoms with E-state index < -0.39 is 32.5 Å². The van der Waals surface area contributed by atoms with Gasteiger partial charge in [-0.05, 0) is 148 Å². The molecule has 0 aromatic rings. The van der Waals surface area contributed by atoms with Gasteiger partial charge in [0, 0.05) is 19.4 Å². The van der Waals surface area contributed by atoms with Crippen LogP contribution in [0.5, 0.6) is 0 Å². The van der Waals surface area contributed by atoms with E-state index in [9.17, 15) is 19.0 Å². The summed E-state index contributed by atoms with van der Waals surface area (Å²) in [6.07, 6.45) is 116. The van der Waals surface area contributed by atoms with Crippen molar-refractivity contribution in [1.82, 2.24) is 0 Å². The molecule has 0 aliphatic heterocycles. The molecular weight excluding hydrogens is 1170 g/mol. The first-order valence-electron chi connectivity index (χ1n) is 36.6. The van der Waals surface area contributed by atoms with Crippen LogP contribution < -0.4 is 5.73 Å². The smallest absolute Gasteiger partial charge is 0.462 e. The molecule has 0 saturated carbocycles. The molecule has 3 N–H and O–H groups in total. The van der Waals surface area contributed by atoms with Crippen LogP contribution in [-0.2, 0) is 32.7 Å². The predicted octanol–water partition coefficient (Wildman–Crippen LogP) is 24.6. The van der Waals surface area contributed by atoms with Crippen LogP contribution in [0, 0.1) is 0 Å². The maximum absolute atomic E-state index is 12.8. The highest BCUT2D eigenvalue weighted by molar-refractivity contribution is 7.47. The fourth-order valence-corrected chi connectivity index (χ4v) is 10.1. The number of phosphoric ester groups is 1. The highest BCUT2D eigenvalue weighted by atomic mass is 31.2. The maximum Gasteiger partial charge on any atom is 0.472 e. The van der Waals surface area contributed by atoms with Crippen molar-refractivity contribution < 1.29 is 37.6 Å². The van der Waals surface area contributed by atoms with Crippen molar-refractivity contribution in [2.75, 3.05) is 26.4 Å². The normalized spacial score (nSPS) is 14.2. The van der Waals surface area contributed by atoms with Gasteiger partial charge >= 0.3 is 19.8 Å². The molecule has 0 heterocycles.